The maximum absolute atomic E-state index is 12.2. The van der Waals surface area contributed by atoms with E-state index in [0.717, 1.165) is 77.5 Å². The molecule has 0 N–H and O–H groups in total. The number of carbonyl (C=O) groups is 4. The topological polar surface area (TPSA) is 109 Å². The SMILES string of the molecule is CCCCN(CCCC)C(=O)CC(=O)c1ccccc1.CCCCN(CCCC)C(=O)CC(=O)c1ccccc1.[O]=[Mo]=[O]. The normalized spacial score (nSPS) is 9.86. The third-order valence-electron chi connectivity index (χ3n) is 6.65. The van der Waals surface area contributed by atoms with Crippen LogP contribution in [0.15, 0.2) is 60.7 Å². The number of hydrogen-bond donors (Lipinski definition) is 0. The van der Waals surface area contributed by atoms with Gasteiger partial charge in [-0.2, -0.15) is 0 Å². The molecule has 2 aromatic rings. The van der Waals surface area contributed by atoms with Crippen LogP contribution >= 0.6 is 0 Å². The first-order valence-electron chi connectivity index (χ1n) is 15.4. The van der Waals surface area contributed by atoms with Crippen LogP contribution in [0.2, 0.25) is 0 Å². The van der Waals surface area contributed by atoms with Crippen molar-refractivity contribution in [1.82, 2.24) is 9.80 Å². The fraction of sp³-hybridized carbons (Fsp3) is 0.529. The molecule has 0 atom stereocenters. The van der Waals surface area contributed by atoms with Gasteiger partial charge in [0, 0.05) is 37.3 Å². The Kier molecular flexibility index (Phi) is 24.8. The molecule has 8 nitrogen and oxygen atoms in total. The van der Waals surface area contributed by atoms with Gasteiger partial charge in [-0.1, -0.05) is 114 Å². The summed E-state index contributed by atoms with van der Waals surface area (Å²) < 4.78 is 17.0. The molecule has 0 saturated heterocycles. The molecule has 0 radical (unpaired) electrons. The predicted octanol–water partition coefficient (Wildman–Crippen LogP) is 7.14. The molecule has 2 rings (SSSR count). The summed E-state index contributed by atoms with van der Waals surface area (Å²) in [4.78, 5) is 52.3. The van der Waals surface area contributed by atoms with Crippen LogP contribution in [0.5, 0.6) is 0 Å². The summed E-state index contributed by atoms with van der Waals surface area (Å²) in [5.74, 6) is -0.260. The van der Waals surface area contributed by atoms with Gasteiger partial charge < -0.3 is 9.80 Å². The second-order valence-corrected chi connectivity index (χ2v) is 10.5. The molecule has 0 aliphatic heterocycles. The average Bonchev–Trinajstić information content (AvgIpc) is 3.02. The molecule has 9 heteroatoms. The maximum atomic E-state index is 12.2. The van der Waals surface area contributed by atoms with Gasteiger partial charge in [-0.05, 0) is 25.7 Å². The van der Waals surface area contributed by atoms with Crippen LogP contribution < -0.4 is 0 Å². The van der Waals surface area contributed by atoms with Gasteiger partial charge in [-0.3, -0.25) is 19.2 Å². The van der Waals surface area contributed by atoms with E-state index in [9.17, 15) is 19.2 Å². The molecule has 0 aliphatic rings. The number of amides is 2. The third-order valence-corrected chi connectivity index (χ3v) is 6.65. The van der Waals surface area contributed by atoms with Crippen LogP contribution in [0.3, 0.4) is 0 Å². The molecule has 0 saturated carbocycles. The number of carbonyl (C=O) groups excluding carboxylic acids is 4. The number of ketones is 2. The van der Waals surface area contributed by atoms with Crippen molar-refractivity contribution in [3.8, 4) is 0 Å². The van der Waals surface area contributed by atoms with E-state index in [4.69, 9.17) is 6.80 Å². The van der Waals surface area contributed by atoms with Gasteiger partial charge in [-0.25, -0.2) is 0 Å². The van der Waals surface area contributed by atoms with E-state index in [2.05, 4.69) is 27.7 Å². The second kappa shape index (κ2) is 26.6. The van der Waals surface area contributed by atoms with Crippen LogP contribution in [0.25, 0.3) is 0 Å². The van der Waals surface area contributed by atoms with Crippen LogP contribution in [-0.4, -0.2) is 59.4 Å². The van der Waals surface area contributed by atoms with E-state index < -0.39 is 18.5 Å². The summed E-state index contributed by atoms with van der Waals surface area (Å²) in [5.41, 5.74) is 1.23. The number of rotatable bonds is 18. The Labute approximate surface area is 266 Å². The molecule has 2 aromatic carbocycles. The van der Waals surface area contributed by atoms with E-state index in [1.165, 1.54) is 0 Å². The van der Waals surface area contributed by atoms with Gasteiger partial charge in [0.25, 0.3) is 0 Å². The fourth-order valence-electron chi connectivity index (χ4n) is 4.07. The quantitative estimate of drug-likeness (QED) is 0.0943. The molecule has 0 bridgehead atoms. The van der Waals surface area contributed by atoms with Gasteiger partial charge in [-0.15, -0.1) is 0 Å². The Balaban J connectivity index is 0.000000751. The second-order valence-electron chi connectivity index (χ2n) is 10.2. The summed E-state index contributed by atoms with van der Waals surface area (Å²) in [5, 5.41) is 0. The summed E-state index contributed by atoms with van der Waals surface area (Å²) in [7, 11) is 0. The molecule has 0 unspecified atom stereocenters. The predicted molar refractivity (Wildman–Crippen MR) is 165 cm³/mol. The molecule has 0 aliphatic carbocycles. The van der Waals surface area contributed by atoms with Crippen LogP contribution in [0.4, 0.5) is 0 Å². The molecular weight excluding hydrogens is 628 g/mol. The van der Waals surface area contributed by atoms with Crippen molar-refractivity contribution in [2.75, 3.05) is 26.2 Å². The summed E-state index contributed by atoms with van der Waals surface area (Å²) in [6.45, 7) is 11.5. The Morgan fingerprint density at radius 1 is 0.512 bits per heavy atom. The Morgan fingerprint density at radius 2 is 0.767 bits per heavy atom. The number of hydrogen-bond acceptors (Lipinski definition) is 6. The Hall–Kier alpha value is -2.99. The van der Waals surface area contributed by atoms with Gasteiger partial charge >= 0.3 is 25.3 Å². The first-order chi connectivity index (χ1) is 20.8. The minimum atomic E-state index is -2.03. The first-order valence-corrected chi connectivity index (χ1v) is 17.1. The van der Waals surface area contributed by atoms with E-state index >= 15 is 0 Å². The van der Waals surface area contributed by atoms with Crippen molar-refractivity contribution in [3.05, 3.63) is 71.8 Å². The molecule has 43 heavy (non-hydrogen) atoms. The van der Waals surface area contributed by atoms with Crippen molar-refractivity contribution in [2.24, 2.45) is 0 Å². The van der Waals surface area contributed by atoms with Gasteiger partial charge in [0.05, 0.1) is 12.8 Å². The molecule has 2 amide bonds. The van der Waals surface area contributed by atoms with Crippen LogP contribution in [-0.2, 0) is 34.9 Å². The summed E-state index contributed by atoms with van der Waals surface area (Å²) >= 11 is -2.03. The zero-order chi connectivity index (χ0) is 32.3. The zero-order valence-corrected chi connectivity index (χ0v) is 28.4. The van der Waals surface area contributed by atoms with E-state index in [1.807, 2.05) is 46.2 Å². The van der Waals surface area contributed by atoms with E-state index in [0.29, 0.717) is 11.1 Å². The van der Waals surface area contributed by atoms with Gasteiger partial charge in [0.2, 0.25) is 11.8 Å². The molecule has 0 aromatic heterocycles. The first kappa shape index (κ1) is 40.0. The molecular formula is C34H50MoN2O6. The van der Waals surface area contributed by atoms with Crippen molar-refractivity contribution in [1.29, 1.82) is 0 Å². The Morgan fingerprint density at radius 3 is 1.00 bits per heavy atom. The summed E-state index contributed by atoms with van der Waals surface area (Å²) in [6, 6.07) is 18.1. The van der Waals surface area contributed by atoms with E-state index in [-0.39, 0.29) is 36.2 Å². The van der Waals surface area contributed by atoms with Gasteiger partial charge in [0.1, 0.15) is 0 Å². The van der Waals surface area contributed by atoms with Crippen molar-refractivity contribution >= 4 is 23.4 Å². The van der Waals surface area contributed by atoms with Crippen molar-refractivity contribution in [2.45, 2.75) is 91.9 Å². The third kappa shape index (κ3) is 19.0. The standard InChI is InChI=1S/2C17H25NO2.Mo.2O/c2*1-3-5-12-18(13-6-4-2)17(20)14-16(19)15-10-8-7-9-11-15;;;/h2*7-11H,3-6,12-14H2,1-2H3;;;. The van der Waals surface area contributed by atoms with Crippen molar-refractivity contribution < 1.29 is 44.5 Å². The van der Waals surface area contributed by atoms with E-state index in [1.54, 1.807) is 24.3 Å². The number of unbranched alkanes of at least 4 members (excludes halogenated alkanes) is 4. The Bertz CT molecular complexity index is 991. The number of benzene rings is 2. The number of nitrogens with zero attached hydrogens (tertiary/aromatic N) is 2. The average molecular weight is 679 g/mol. The molecule has 0 spiro atoms. The van der Waals surface area contributed by atoms with Crippen LogP contribution in [0.1, 0.15) is 113 Å². The molecule has 0 heterocycles. The minimum absolute atomic E-state index is 0.0164. The number of Topliss-reactive ketones (excluding diaryl/α,β-unsaturated/α-hetero) is 2. The molecule has 238 valence electrons. The monoisotopic (exact) mass is 680 g/mol. The van der Waals surface area contributed by atoms with Crippen molar-refractivity contribution in [3.63, 3.8) is 0 Å². The van der Waals surface area contributed by atoms with Crippen LogP contribution in [0, 0.1) is 0 Å². The zero-order valence-electron chi connectivity index (χ0n) is 26.4. The fourth-order valence-corrected chi connectivity index (χ4v) is 4.07. The van der Waals surface area contributed by atoms with Gasteiger partial charge in [0.15, 0.2) is 11.6 Å². The molecule has 0 fully saturated rings. The summed E-state index contributed by atoms with van der Waals surface area (Å²) in [6.07, 6.45) is 8.18.